The van der Waals surface area contributed by atoms with E-state index in [0.717, 1.165) is 21.6 Å². The summed E-state index contributed by atoms with van der Waals surface area (Å²) in [4.78, 5) is 26.1. The van der Waals surface area contributed by atoms with Gasteiger partial charge in [0.05, 0.1) is 13.2 Å². The lowest BCUT2D eigenvalue weighted by Crippen LogP contribution is -2.43. The molecule has 3 aromatic rings. The molecule has 2 N–H and O–H groups in total. The van der Waals surface area contributed by atoms with Crippen LogP contribution in [0.15, 0.2) is 66.0 Å². The summed E-state index contributed by atoms with van der Waals surface area (Å²) in [5, 5.41) is 14.4. The molecule has 2 aromatic carbocycles. The summed E-state index contributed by atoms with van der Waals surface area (Å²) < 4.78 is 5.78. The van der Waals surface area contributed by atoms with Gasteiger partial charge in [0.1, 0.15) is 6.04 Å². The van der Waals surface area contributed by atoms with E-state index in [2.05, 4.69) is 5.32 Å². The number of thiophene rings is 1. The fourth-order valence-electron chi connectivity index (χ4n) is 3.43. The van der Waals surface area contributed by atoms with Crippen LogP contribution in [0.1, 0.15) is 27.2 Å². The molecule has 168 valence electrons. The first-order valence-electron chi connectivity index (χ1n) is 10.3. The Kier molecular flexibility index (Phi) is 8.90. The molecule has 0 aliphatic heterocycles. The Morgan fingerprint density at radius 1 is 1.06 bits per heavy atom. The first kappa shape index (κ1) is 24.0. The highest BCUT2D eigenvalue weighted by Gasteiger charge is 2.26. The zero-order chi connectivity index (χ0) is 22.9. The Balaban J connectivity index is 1.69. The molecule has 0 radical (unpaired) electrons. The van der Waals surface area contributed by atoms with Crippen molar-refractivity contribution in [3.63, 3.8) is 0 Å². The number of aryl methyl sites for hydroxylation is 1. The van der Waals surface area contributed by atoms with Gasteiger partial charge in [0, 0.05) is 15.7 Å². The summed E-state index contributed by atoms with van der Waals surface area (Å²) in [6.07, 6.45) is 2.20. The van der Waals surface area contributed by atoms with E-state index < -0.39 is 17.9 Å². The molecule has 1 aromatic heterocycles. The molecule has 7 heteroatoms. The SMILES string of the molecule is CSC(COCc1cccs1)CC(NC(=O)c1ccccc1-c1ccccc1C)C(=O)O. The largest absolute Gasteiger partial charge is 0.480 e. The molecule has 3 rings (SSSR count). The molecular weight excluding hydrogens is 442 g/mol. The summed E-state index contributed by atoms with van der Waals surface area (Å²) in [7, 11) is 0. The number of thioether (sulfide) groups is 1. The number of benzene rings is 2. The van der Waals surface area contributed by atoms with E-state index in [9.17, 15) is 14.7 Å². The third kappa shape index (κ3) is 6.45. The van der Waals surface area contributed by atoms with Crippen LogP contribution in [-0.2, 0) is 16.1 Å². The fourth-order valence-corrected chi connectivity index (χ4v) is 4.69. The van der Waals surface area contributed by atoms with E-state index in [4.69, 9.17) is 4.74 Å². The van der Waals surface area contributed by atoms with Crippen molar-refractivity contribution in [1.29, 1.82) is 0 Å². The van der Waals surface area contributed by atoms with E-state index in [1.807, 2.05) is 67.1 Å². The molecule has 0 aliphatic rings. The number of hydrogen-bond acceptors (Lipinski definition) is 5. The summed E-state index contributed by atoms with van der Waals surface area (Å²) >= 11 is 3.17. The molecule has 2 unspecified atom stereocenters. The Morgan fingerprint density at radius 3 is 2.44 bits per heavy atom. The van der Waals surface area contributed by atoms with Crippen LogP contribution in [0, 0.1) is 6.92 Å². The molecule has 1 heterocycles. The standard InChI is InChI=1S/C25H27NO4S2/c1-17-8-3-4-10-20(17)21-11-5-6-12-22(21)24(27)26-23(25(28)29)14-19(31-2)16-30-15-18-9-7-13-32-18/h3-13,19,23H,14-16H2,1-2H3,(H,26,27)(H,28,29). The number of carbonyl (C=O) groups excluding carboxylic acids is 1. The Labute approximate surface area is 196 Å². The highest BCUT2D eigenvalue weighted by Crippen LogP contribution is 2.27. The van der Waals surface area contributed by atoms with Crippen molar-refractivity contribution < 1.29 is 19.4 Å². The quantitative estimate of drug-likeness (QED) is 0.401. The summed E-state index contributed by atoms with van der Waals surface area (Å²) in [6, 6.07) is 18.1. The molecule has 0 saturated heterocycles. The van der Waals surface area contributed by atoms with E-state index in [0.29, 0.717) is 18.8 Å². The van der Waals surface area contributed by atoms with E-state index in [1.165, 1.54) is 0 Å². The first-order chi connectivity index (χ1) is 15.5. The molecule has 0 aliphatic carbocycles. The molecule has 0 saturated carbocycles. The molecular formula is C25H27NO4S2. The van der Waals surface area contributed by atoms with Crippen molar-refractivity contribution in [2.75, 3.05) is 12.9 Å². The number of hydrogen-bond donors (Lipinski definition) is 2. The van der Waals surface area contributed by atoms with Gasteiger partial charge in [-0.25, -0.2) is 4.79 Å². The van der Waals surface area contributed by atoms with Gasteiger partial charge in [-0.1, -0.05) is 48.5 Å². The van der Waals surface area contributed by atoms with Gasteiger partial charge in [0.2, 0.25) is 0 Å². The minimum Gasteiger partial charge on any atom is -0.480 e. The third-order valence-corrected chi connectivity index (χ3v) is 7.02. The highest BCUT2D eigenvalue weighted by molar-refractivity contribution is 7.99. The van der Waals surface area contributed by atoms with Gasteiger partial charge in [-0.3, -0.25) is 4.79 Å². The van der Waals surface area contributed by atoms with Crippen molar-refractivity contribution in [2.45, 2.75) is 31.2 Å². The number of nitrogens with one attached hydrogen (secondary N) is 1. The summed E-state index contributed by atoms with van der Waals surface area (Å²) in [5.74, 6) is -1.44. The molecule has 0 fully saturated rings. The van der Waals surface area contributed by atoms with Crippen LogP contribution in [0.4, 0.5) is 0 Å². The van der Waals surface area contributed by atoms with Crippen LogP contribution in [0.2, 0.25) is 0 Å². The van der Waals surface area contributed by atoms with Crippen LogP contribution < -0.4 is 5.32 Å². The molecule has 0 bridgehead atoms. The smallest absolute Gasteiger partial charge is 0.326 e. The lowest BCUT2D eigenvalue weighted by molar-refractivity contribution is -0.139. The number of carbonyl (C=O) groups is 2. The maximum Gasteiger partial charge on any atom is 0.326 e. The zero-order valence-electron chi connectivity index (χ0n) is 18.1. The van der Waals surface area contributed by atoms with Crippen LogP contribution in [0.5, 0.6) is 0 Å². The summed E-state index contributed by atoms with van der Waals surface area (Å²) in [6.45, 7) is 2.91. The Bertz CT molecular complexity index is 1040. The van der Waals surface area contributed by atoms with Gasteiger partial charge in [0.25, 0.3) is 5.91 Å². The van der Waals surface area contributed by atoms with Crippen molar-refractivity contribution in [3.05, 3.63) is 82.0 Å². The molecule has 0 spiro atoms. The third-order valence-electron chi connectivity index (χ3n) is 5.17. The number of aliphatic carboxylic acids is 1. The lowest BCUT2D eigenvalue weighted by atomic mass is 9.95. The van der Waals surface area contributed by atoms with E-state index >= 15 is 0 Å². The second kappa shape index (κ2) is 11.9. The second-order valence-corrected chi connectivity index (χ2v) is 9.58. The number of amides is 1. The zero-order valence-corrected chi connectivity index (χ0v) is 19.7. The van der Waals surface area contributed by atoms with Crippen molar-refractivity contribution in [3.8, 4) is 11.1 Å². The average molecular weight is 470 g/mol. The van der Waals surface area contributed by atoms with Crippen LogP contribution in [0.25, 0.3) is 11.1 Å². The average Bonchev–Trinajstić information content (AvgIpc) is 3.31. The second-order valence-electron chi connectivity index (χ2n) is 7.41. The van der Waals surface area contributed by atoms with E-state index in [-0.39, 0.29) is 11.7 Å². The minimum atomic E-state index is -1.05. The van der Waals surface area contributed by atoms with E-state index in [1.54, 1.807) is 35.2 Å². The van der Waals surface area contributed by atoms with Gasteiger partial charge < -0.3 is 15.2 Å². The molecule has 2 atom stereocenters. The lowest BCUT2D eigenvalue weighted by Gasteiger charge is -2.21. The highest BCUT2D eigenvalue weighted by atomic mass is 32.2. The molecule has 1 amide bonds. The van der Waals surface area contributed by atoms with Gasteiger partial charge >= 0.3 is 5.97 Å². The predicted molar refractivity (Wildman–Crippen MR) is 131 cm³/mol. The van der Waals surface area contributed by atoms with Gasteiger partial charge in [-0.05, 0) is 53.8 Å². The maximum absolute atomic E-state index is 13.1. The van der Waals surface area contributed by atoms with Gasteiger partial charge in [-0.2, -0.15) is 11.8 Å². The van der Waals surface area contributed by atoms with Crippen molar-refractivity contribution in [1.82, 2.24) is 5.32 Å². The maximum atomic E-state index is 13.1. The van der Waals surface area contributed by atoms with Crippen LogP contribution in [-0.4, -0.2) is 41.1 Å². The number of carboxylic acids is 1. The van der Waals surface area contributed by atoms with Gasteiger partial charge in [-0.15, -0.1) is 11.3 Å². The predicted octanol–water partition coefficient (Wildman–Crippen LogP) is 5.25. The minimum absolute atomic E-state index is 0.0528. The van der Waals surface area contributed by atoms with Crippen molar-refractivity contribution in [2.24, 2.45) is 0 Å². The molecule has 32 heavy (non-hydrogen) atoms. The number of carboxylic acid groups (broad SMARTS) is 1. The van der Waals surface area contributed by atoms with Crippen LogP contribution >= 0.6 is 23.1 Å². The first-order valence-corrected chi connectivity index (χ1v) is 12.5. The van der Waals surface area contributed by atoms with Crippen LogP contribution in [0.3, 0.4) is 0 Å². The van der Waals surface area contributed by atoms with Gasteiger partial charge in [0.15, 0.2) is 0 Å². The Morgan fingerprint density at radius 2 is 1.78 bits per heavy atom. The Hall–Kier alpha value is -2.61. The molecule has 5 nitrogen and oxygen atoms in total. The topological polar surface area (TPSA) is 75.6 Å². The van der Waals surface area contributed by atoms with Crippen molar-refractivity contribution >= 4 is 35.0 Å². The number of ether oxygens (including phenoxy) is 1. The summed E-state index contributed by atoms with van der Waals surface area (Å²) in [5.41, 5.74) is 3.25. The normalized spacial score (nSPS) is 12.8. The monoisotopic (exact) mass is 469 g/mol. The fraction of sp³-hybridized carbons (Fsp3) is 0.280. The number of rotatable bonds is 11.